The molecule has 2 aromatic rings. The van der Waals surface area contributed by atoms with Crippen molar-refractivity contribution < 1.29 is 18.7 Å². The van der Waals surface area contributed by atoms with Gasteiger partial charge in [0.1, 0.15) is 5.75 Å². The number of nitrogens with zero attached hydrogens (tertiary/aromatic N) is 1. The molecule has 1 atom stereocenters. The summed E-state index contributed by atoms with van der Waals surface area (Å²) >= 11 is 0. The monoisotopic (exact) mass is 342 g/mol. The van der Waals surface area contributed by atoms with Crippen LogP contribution in [0.15, 0.2) is 41.0 Å². The second-order valence-corrected chi connectivity index (χ2v) is 6.26. The summed E-state index contributed by atoms with van der Waals surface area (Å²) in [7, 11) is 1.57. The molecule has 132 valence electrons. The van der Waals surface area contributed by atoms with Gasteiger partial charge in [-0.15, -0.1) is 0 Å². The number of methoxy groups -OCH3 is 1. The standard InChI is InChI=1S/C19H22N2O4/c1-13-7-8-16(24-2)15(11-13)20-18(22)14-5-3-9-21(12-14)19(23)17-6-4-10-25-17/h4,6-8,10-11,14H,3,5,9,12H2,1-2H3,(H,20,22)/t14-/m0/s1. The van der Waals surface area contributed by atoms with Crippen molar-refractivity contribution in [3.63, 3.8) is 0 Å². The Bertz CT molecular complexity index is 755. The number of amides is 2. The van der Waals surface area contributed by atoms with Gasteiger partial charge in [0.2, 0.25) is 5.91 Å². The number of hydrogen-bond acceptors (Lipinski definition) is 4. The van der Waals surface area contributed by atoms with E-state index in [1.165, 1.54) is 6.26 Å². The molecule has 0 radical (unpaired) electrons. The third kappa shape index (κ3) is 3.84. The van der Waals surface area contributed by atoms with Gasteiger partial charge in [-0.1, -0.05) is 6.07 Å². The third-order valence-electron chi connectivity index (χ3n) is 4.42. The lowest BCUT2D eigenvalue weighted by atomic mass is 9.96. The van der Waals surface area contributed by atoms with Gasteiger partial charge in [-0.3, -0.25) is 9.59 Å². The van der Waals surface area contributed by atoms with Crippen molar-refractivity contribution in [3.8, 4) is 5.75 Å². The lowest BCUT2D eigenvalue weighted by Crippen LogP contribution is -2.43. The maximum Gasteiger partial charge on any atom is 0.289 e. The van der Waals surface area contributed by atoms with E-state index in [0.717, 1.165) is 18.4 Å². The molecule has 2 amide bonds. The van der Waals surface area contributed by atoms with Crippen LogP contribution in [0.4, 0.5) is 5.69 Å². The molecule has 1 saturated heterocycles. The first kappa shape index (κ1) is 17.1. The summed E-state index contributed by atoms with van der Waals surface area (Å²) in [5, 5.41) is 2.94. The number of furan rings is 1. The number of nitrogens with one attached hydrogen (secondary N) is 1. The molecule has 0 unspecified atom stereocenters. The highest BCUT2D eigenvalue weighted by Crippen LogP contribution is 2.27. The Hall–Kier alpha value is -2.76. The Morgan fingerprint density at radius 1 is 1.32 bits per heavy atom. The van der Waals surface area contributed by atoms with Crippen molar-refractivity contribution in [2.45, 2.75) is 19.8 Å². The zero-order valence-corrected chi connectivity index (χ0v) is 14.5. The number of carbonyl (C=O) groups is 2. The molecule has 0 spiro atoms. The first-order valence-electron chi connectivity index (χ1n) is 8.37. The summed E-state index contributed by atoms with van der Waals surface area (Å²) in [6, 6.07) is 8.97. The van der Waals surface area contributed by atoms with Crippen molar-refractivity contribution in [2.24, 2.45) is 5.92 Å². The highest BCUT2D eigenvalue weighted by Gasteiger charge is 2.30. The van der Waals surface area contributed by atoms with Crippen LogP contribution in [0, 0.1) is 12.8 Å². The molecule has 0 bridgehead atoms. The van der Waals surface area contributed by atoms with E-state index in [1.807, 2.05) is 25.1 Å². The Balaban J connectivity index is 1.68. The first-order valence-corrected chi connectivity index (χ1v) is 8.37. The number of anilines is 1. The Morgan fingerprint density at radius 2 is 2.16 bits per heavy atom. The second-order valence-electron chi connectivity index (χ2n) is 6.26. The van der Waals surface area contributed by atoms with Crippen LogP contribution in [0.25, 0.3) is 0 Å². The second kappa shape index (κ2) is 7.42. The molecular weight excluding hydrogens is 320 g/mol. The molecule has 25 heavy (non-hydrogen) atoms. The summed E-state index contributed by atoms with van der Waals surface area (Å²) in [6.07, 6.45) is 3.02. The van der Waals surface area contributed by atoms with E-state index in [4.69, 9.17) is 9.15 Å². The van der Waals surface area contributed by atoms with Crippen molar-refractivity contribution >= 4 is 17.5 Å². The van der Waals surface area contributed by atoms with Crippen LogP contribution >= 0.6 is 0 Å². The zero-order valence-electron chi connectivity index (χ0n) is 14.5. The minimum Gasteiger partial charge on any atom is -0.495 e. The van der Waals surface area contributed by atoms with Gasteiger partial charge in [-0.2, -0.15) is 0 Å². The van der Waals surface area contributed by atoms with Gasteiger partial charge in [-0.05, 0) is 49.6 Å². The van der Waals surface area contributed by atoms with E-state index in [0.29, 0.717) is 30.3 Å². The molecule has 6 nitrogen and oxygen atoms in total. The van der Waals surface area contributed by atoms with Crippen LogP contribution in [-0.2, 0) is 4.79 Å². The number of likely N-dealkylation sites (tertiary alicyclic amines) is 1. The zero-order chi connectivity index (χ0) is 17.8. The molecule has 6 heteroatoms. The minimum absolute atomic E-state index is 0.0964. The van der Waals surface area contributed by atoms with E-state index < -0.39 is 0 Å². The fraction of sp³-hybridized carbons (Fsp3) is 0.368. The van der Waals surface area contributed by atoms with Gasteiger partial charge in [0.15, 0.2) is 5.76 Å². The highest BCUT2D eigenvalue weighted by molar-refractivity contribution is 5.96. The number of rotatable bonds is 4. The first-order chi connectivity index (χ1) is 12.1. The fourth-order valence-electron chi connectivity index (χ4n) is 3.09. The number of piperidine rings is 1. The third-order valence-corrected chi connectivity index (χ3v) is 4.42. The number of carbonyl (C=O) groups excluding carboxylic acids is 2. The maximum absolute atomic E-state index is 12.7. The van der Waals surface area contributed by atoms with Crippen molar-refractivity contribution in [3.05, 3.63) is 47.9 Å². The molecule has 1 aromatic heterocycles. The number of benzene rings is 1. The van der Waals surface area contributed by atoms with Crippen LogP contribution in [0.5, 0.6) is 5.75 Å². The topological polar surface area (TPSA) is 71.8 Å². The van der Waals surface area contributed by atoms with Gasteiger partial charge in [-0.25, -0.2) is 0 Å². The minimum atomic E-state index is -0.252. The Kier molecular flexibility index (Phi) is 5.07. The molecule has 2 heterocycles. The van der Waals surface area contributed by atoms with Gasteiger partial charge in [0.05, 0.1) is 25.0 Å². The maximum atomic E-state index is 12.7. The average Bonchev–Trinajstić information content (AvgIpc) is 3.16. The Labute approximate surface area is 146 Å². The smallest absolute Gasteiger partial charge is 0.289 e. The molecule has 3 rings (SSSR count). The highest BCUT2D eigenvalue weighted by atomic mass is 16.5. The molecule has 1 aromatic carbocycles. The SMILES string of the molecule is COc1ccc(C)cc1NC(=O)[C@H]1CCCN(C(=O)c2ccco2)C1. The fourth-order valence-corrected chi connectivity index (χ4v) is 3.09. The van der Waals surface area contributed by atoms with Gasteiger partial charge in [0, 0.05) is 13.1 Å². The molecule has 1 fully saturated rings. The van der Waals surface area contributed by atoms with Crippen molar-refractivity contribution in [1.82, 2.24) is 4.90 Å². The molecule has 1 aliphatic heterocycles. The predicted octanol–water partition coefficient (Wildman–Crippen LogP) is 3.09. The summed E-state index contributed by atoms with van der Waals surface area (Å²) in [4.78, 5) is 26.8. The van der Waals surface area contributed by atoms with Crippen LogP contribution in [0.2, 0.25) is 0 Å². The van der Waals surface area contributed by atoms with Crippen LogP contribution < -0.4 is 10.1 Å². The Morgan fingerprint density at radius 3 is 2.88 bits per heavy atom. The predicted molar refractivity (Wildman–Crippen MR) is 93.7 cm³/mol. The van der Waals surface area contributed by atoms with Gasteiger partial charge >= 0.3 is 0 Å². The number of hydrogen-bond donors (Lipinski definition) is 1. The van der Waals surface area contributed by atoms with Crippen LogP contribution in [-0.4, -0.2) is 36.9 Å². The van der Waals surface area contributed by atoms with Gasteiger partial charge in [0.25, 0.3) is 5.91 Å². The summed E-state index contributed by atoms with van der Waals surface area (Å²) in [6.45, 7) is 2.98. The lowest BCUT2D eigenvalue weighted by molar-refractivity contribution is -0.121. The molecular formula is C19H22N2O4. The lowest BCUT2D eigenvalue weighted by Gasteiger charge is -2.31. The summed E-state index contributed by atoms with van der Waals surface area (Å²) < 4.78 is 10.5. The van der Waals surface area contributed by atoms with Crippen LogP contribution in [0.1, 0.15) is 29.0 Å². The largest absolute Gasteiger partial charge is 0.495 e. The quantitative estimate of drug-likeness (QED) is 0.927. The van der Waals surface area contributed by atoms with Crippen molar-refractivity contribution in [1.29, 1.82) is 0 Å². The van der Waals surface area contributed by atoms with Gasteiger partial charge < -0.3 is 19.4 Å². The van der Waals surface area contributed by atoms with E-state index in [-0.39, 0.29) is 17.7 Å². The number of ether oxygens (including phenoxy) is 1. The molecule has 1 N–H and O–H groups in total. The number of aryl methyl sites for hydroxylation is 1. The average molecular weight is 342 g/mol. The van der Waals surface area contributed by atoms with E-state index >= 15 is 0 Å². The molecule has 1 aliphatic rings. The van der Waals surface area contributed by atoms with E-state index in [2.05, 4.69) is 5.32 Å². The van der Waals surface area contributed by atoms with Crippen LogP contribution in [0.3, 0.4) is 0 Å². The normalized spacial score (nSPS) is 17.2. The summed E-state index contributed by atoms with van der Waals surface area (Å²) in [5.41, 5.74) is 1.69. The summed E-state index contributed by atoms with van der Waals surface area (Å²) in [5.74, 6) is 0.411. The van der Waals surface area contributed by atoms with E-state index in [9.17, 15) is 9.59 Å². The van der Waals surface area contributed by atoms with E-state index in [1.54, 1.807) is 24.1 Å². The molecule has 0 aliphatic carbocycles. The molecule has 0 saturated carbocycles. The van der Waals surface area contributed by atoms with Crippen molar-refractivity contribution in [2.75, 3.05) is 25.5 Å².